The number of benzene rings is 2. The first-order valence-corrected chi connectivity index (χ1v) is 17.6. The molecule has 1 spiro atoms. The van der Waals surface area contributed by atoms with Crippen LogP contribution in [0.5, 0.6) is 0 Å². The molecule has 0 radical (unpaired) electrons. The quantitative estimate of drug-likeness (QED) is 0.208. The summed E-state index contributed by atoms with van der Waals surface area (Å²) in [5, 5.41) is 11.0. The van der Waals surface area contributed by atoms with E-state index >= 15 is 4.79 Å². The predicted octanol–water partition coefficient (Wildman–Crippen LogP) is 6.26. The van der Waals surface area contributed by atoms with E-state index in [0.29, 0.717) is 23.6 Å². The molecule has 45 heavy (non-hydrogen) atoms. The molecule has 5 rings (SSSR count). The van der Waals surface area contributed by atoms with Crippen molar-refractivity contribution in [1.82, 2.24) is 4.90 Å². The molecule has 8 atom stereocenters. The van der Waals surface area contributed by atoms with Gasteiger partial charge in [0.15, 0.2) is 0 Å². The average Bonchev–Trinajstić information content (AvgIpc) is 3.62. The minimum atomic E-state index is -0.922. The molecule has 2 aromatic carbocycles. The Balaban J connectivity index is 1.67. The van der Waals surface area contributed by atoms with Gasteiger partial charge in [-0.05, 0) is 43.0 Å². The second-order valence-electron chi connectivity index (χ2n) is 12.3. The standard InChI is InChI=1S/C35H41BrClN3O4S/c1-6-17-38(23-14-10-9-11-15-23)32(42)27-28-33(43)40(26(20-41)21(4)8-3)31(35(28)19-24(36)30(27)45-35)34(44)39(18-7-2)29-22(5)13-12-16-25(29)37/h6-7,9-16,21,24,26-28,30-31,41H,1-2,8,17-20H2,3-5H3/t21-,24?,26-,27+,28-,30+,31?,35?/m0/s1. The molecule has 0 aliphatic carbocycles. The summed E-state index contributed by atoms with van der Waals surface area (Å²) in [6, 6.07) is 13.4. The largest absolute Gasteiger partial charge is 0.394 e. The van der Waals surface area contributed by atoms with Crippen molar-refractivity contribution in [2.75, 3.05) is 29.5 Å². The number of aryl methyl sites for hydroxylation is 1. The van der Waals surface area contributed by atoms with E-state index in [9.17, 15) is 14.7 Å². The lowest BCUT2D eigenvalue weighted by Gasteiger charge is -2.41. The van der Waals surface area contributed by atoms with Crippen LogP contribution in [0.3, 0.4) is 0 Å². The van der Waals surface area contributed by atoms with E-state index in [1.165, 1.54) is 0 Å². The lowest BCUT2D eigenvalue weighted by Crippen LogP contribution is -2.59. The van der Waals surface area contributed by atoms with Crippen molar-refractivity contribution in [3.8, 4) is 0 Å². The van der Waals surface area contributed by atoms with Crippen molar-refractivity contribution in [2.24, 2.45) is 17.8 Å². The number of halogens is 2. The van der Waals surface area contributed by atoms with E-state index in [2.05, 4.69) is 29.1 Å². The van der Waals surface area contributed by atoms with Gasteiger partial charge in [-0.3, -0.25) is 14.4 Å². The van der Waals surface area contributed by atoms with Gasteiger partial charge in [-0.15, -0.1) is 24.9 Å². The third-order valence-corrected chi connectivity index (χ3v) is 13.3. The summed E-state index contributed by atoms with van der Waals surface area (Å²) in [5.41, 5.74) is 2.12. The monoisotopic (exact) mass is 713 g/mol. The number of hydrogen-bond donors (Lipinski definition) is 1. The number of aliphatic hydroxyl groups is 1. The maximum atomic E-state index is 15.1. The van der Waals surface area contributed by atoms with Crippen LogP contribution in [0.1, 0.15) is 32.3 Å². The Morgan fingerprint density at radius 3 is 2.40 bits per heavy atom. The SMILES string of the molecule is C=CCN(C(=O)[C@H]1[C@@H]2SC3(CC2Br)C(C(=O)N(CC=C)c2c(C)cccc2Cl)N([C@@H](CO)[C@@H](C)CC)C(=O)[C@H]13)c1ccccc1. The third kappa shape index (κ3) is 5.57. The molecule has 2 aromatic rings. The summed E-state index contributed by atoms with van der Waals surface area (Å²) in [6.07, 6.45) is 4.57. The molecule has 240 valence electrons. The molecule has 3 saturated heterocycles. The molecule has 2 bridgehead atoms. The van der Waals surface area contributed by atoms with Crippen LogP contribution in [0.2, 0.25) is 5.02 Å². The second kappa shape index (κ2) is 13.6. The predicted molar refractivity (Wildman–Crippen MR) is 187 cm³/mol. The number of rotatable bonds is 12. The van der Waals surface area contributed by atoms with Gasteiger partial charge in [0.05, 0.1) is 39.9 Å². The number of fused-ring (bicyclic) bond motifs is 1. The zero-order chi connectivity index (χ0) is 32.6. The average molecular weight is 715 g/mol. The number of hydrogen-bond acceptors (Lipinski definition) is 5. The third-order valence-electron chi connectivity index (χ3n) is 9.77. The first kappa shape index (κ1) is 33.8. The fourth-order valence-corrected chi connectivity index (χ4v) is 11.5. The fraction of sp³-hybridized carbons (Fsp3) is 0.457. The van der Waals surface area contributed by atoms with E-state index < -0.39 is 28.7 Å². The molecule has 3 aliphatic heterocycles. The molecule has 3 amide bonds. The summed E-state index contributed by atoms with van der Waals surface area (Å²) in [4.78, 5) is 49.4. The molecule has 10 heteroatoms. The fourth-order valence-electron chi connectivity index (χ4n) is 7.57. The molecule has 3 heterocycles. The second-order valence-corrected chi connectivity index (χ2v) is 15.4. The Morgan fingerprint density at radius 1 is 1.13 bits per heavy atom. The lowest BCUT2D eigenvalue weighted by atomic mass is 9.70. The summed E-state index contributed by atoms with van der Waals surface area (Å²) < 4.78 is -0.890. The van der Waals surface area contributed by atoms with Crippen molar-refractivity contribution in [1.29, 1.82) is 0 Å². The minimum Gasteiger partial charge on any atom is -0.394 e. The number of nitrogens with zero attached hydrogens (tertiary/aromatic N) is 3. The number of anilines is 2. The highest BCUT2D eigenvalue weighted by Crippen LogP contribution is 2.68. The van der Waals surface area contributed by atoms with Crippen LogP contribution in [-0.4, -0.2) is 74.3 Å². The smallest absolute Gasteiger partial charge is 0.251 e. The number of carbonyl (C=O) groups is 3. The molecule has 0 saturated carbocycles. The highest BCUT2D eigenvalue weighted by atomic mass is 79.9. The van der Waals surface area contributed by atoms with Gasteiger partial charge in [-0.25, -0.2) is 0 Å². The molecule has 1 N–H and O–H groups in total. The van der Waals surface area contributed by atoms with E-state index in [-0.39, 0.29) is 53.4 Å². The van der Waals surface area contributed by atoms with Gasteiger partial charge in [-0.1, -0.05) is 90.3 Å². The van der Waals surface area contributed by atoms with E-state index in [0.717, 1.165) is 11.3 Å². The van der Waals surface area contributed by atoms with Crippen molar-refractivity contribution < 1.29 is 19.5 Å². The molecule has 3 fully saturated rings. The summed E-state index contributed by atoms with van der Waals surface area (Å²) in [7, 11) is 0. The van der Waals surface area contributed by atoms with Gasteiger partial charge in [0.25, 0.3) is 5.91 Å². The Hall–Kier alpha value is -2.59. The van der Waals surface area contributed by atoms with Crippen LogP contribution < -0.4 is 9.80 Å². The van der Waals surface area contributed by atoms with Gasteiger partial charge < -0.3 is 19.8 Å². The zero-order valence-corrected chi connectivity index (χ0v) is 29.1. The number of aliphatic hydroxyl groups excluding tert-OH is 1. The lowest BCUT2D eigenvalue weighted by molar-refractivity contribution is -0.143. The molecular formula is C35H41BrClN3O4S. The highest BCUT2D eigenvalue weighted by Gasteiger charge is 2.76. The number of thioether (sulfide) groups is 1. The summed E-state index contributed by atoms with van der Waals surface area (Å²) >= 11 is 12.2. The number of likely N-dealkylation sites (tertiary alicyclic amines) is 1. The normalized spacial score (nSPS) is 28.0. The molecule has 3 unspecified atom stereocenters. The van der Waals surface area contributed by atoms with Crippen molar-refractivity contribution in [3.63, 3.8) is 0 Å². The van der Waals surface area contributed by atoms with Crippen LogP contribution >= 0.6 is 39.3 Å². The van der Waals surface area contributed by atoms with E-state index in [1.54, 1.807) is 44.7 Å². The van der Waals surface area contributed by atoms with Crippen molar-refractivity contribution in [3.05, 3.63) is 84.4 Å². The van der Waals surface area contributed by atoms with Crippen LogP contribution in [0.4, 0.5) is 11.4 Å². The van der Waals surface area contributed by atoms with Gasteiger partial charge in [0.1, 0.15) is 6.04 Å². The number of para-hydroxylation sites is 2. The molecule has 3 aliphatic rings. The number of carbonyl (C=O) groups excluding carboxylic acids is 3. The summed E-state index contributed by atoms with van der Waals surface area (Å²) in [6.45, 7) is 13.9. The van der Waals surface area contributed by atoms with Crippen molar-refractivity contribution in [2.45, 2.75) is 60.5 Å². The summed E-state index contributed by atoms with van der Waals surface area (Å²) in [5.74, 6) is -2.19. The highest BCUT2D eigenvalue weighted by molar-refractivity contribution is 9.09. The Morgan fingerprint density at radius 2 is 1.80 bits per heavy atom. The zero-order valence-electron chi connectivity index (χ0n) is 25.9. The Labute approximate surface area is 283 Å². The van der Waals surface area contributed by atoms with Gasteiger partial charge in [0.2, 0.25) is 11.8 Å². The maximum absolute atomic E-state index is 15.1. The first-order valence-electron chi connectivity index (χ1n) is 15.5. The van der Waals surface area contributed by atoms with Gasteiger partial charge in [0, 0.05) is 28.9 Å². The van der Waals surface area contributed by atoms with E-state index in [1.807, 2.05) is 63.2 Å². The van der Waals surface area contributed by atoms with Crippen molar-refractivity contribution >= 4 is 68.4 Å². The molecular weight excluding hydrogens is 674 g/mol. The first-order chi connectivity index (χ1) is 21.6. The number of alkyl halides is 1. The number of amides is 3. The van der Waals surface area contributed by atoms with Crippen LogP contribution in [0.15, 0.2) is 73.8 Å². The molecule has 7 nitrogen and oxygen atoms in total. The van der Waals surface area contributed by atoms with Gasteiger partial charge >= 0.3 is 0 Å². The van der Waals surface area contributed by atoms with Crippen LogP contribution in [-0.2, 0) is 14.4 Å². The topological polar surface area (TPSA) is 81.2 Å². The Bertz CT molecular complexity index is 1460. The van der Waals surface area contributed by atoms with Gasteiger partial charge in [-0.2, -0.15) is 0 Å². The molecule has 0 aromatic heterocycles. The maximum Gasteiger partial charge on any atom is 0.251 e. The van der Waals surface area contributed by atoms with Crippen LogP contribution in [0.25, 0.3) is 0 Å². The minimum absolute atomic E-state index is 0.0860. The Kier molecular flexibility index (Phi) is 10.2. The van der Waals surface area contributed by atoms with E-state index in [4.69, 9.17) is 11.6 Å². The van der Waals surface area contributed by atoms with Crippen LogP contribution in [0, 0.1) is 24.7 Å².